The summed E-state index contributed by atoms with van der Waals surface area (Å²) < 4.78 is 13.2. The summed E-state index contributed by atoms with van der Waals surface area (Å²) in [5, 5.41) is 0. The number of aromatic nitrogens is 3. The third kappa shape index (κ3) is 3.06. The molecule has 0 bridgehead atoms. The molecule has 0 radical (unpaired) electrons. The Hall–Kier alpha value is -2.49. The van der Waals surface area contributed by atoms with E-state index in [2.05, 4.69) is 23.8 Å². The average Bonchev–Trinajstić information content (AvgIpc) is 2.92. The van der Waals surface area contributed by atoms with E-state index in [1.165, 1.54) is 12.1 Å². The zero-order valence-electron chi connectivity index (χ0n) is 12.7. The number of benzene rings is 1. The van der Waals surface area contributed by atoms with Crippen LogP contribution in [0.25, 0.3) is 22.5 Å². The first kappa shape index (κ1) is 14.4. The first-order valence-electron chi connectivity index (χ1n) is 7.38. The lowest BCUT2D eigenvalue weighted by Gasteiger charge is -2.02. The minimum atomic E-state index is -0.243. The first-order chi connectivity index (χ1) is 10.6. The molecule has 0 amide bonds. The van der Waals surface area contributed by atoms with Gasteiger partial charge in [0, 0.05) is 29.9 Å². The van der Waals surface area contributed by atoms with Crippen molar-refractivity contribution in [2.24, 2.45) is 5.92 Å². The van der Waals surface area contributed by atoms with Gasteiger partial charge < -0.3 is 4.98 Å². The Bertz CT molecular complexity index is 746. The molecule has 22 heavy (non-hydrogen) atoms. The Morgan fingerprint density at radius 2 is 1.68 bits per heavy atom. The van der Waals surface area contributed by atoms with Gasteiger partial charge in [0.25, 0.3) is 0 Å². The van der Waals surface area contributed by atoms with Crippen LogP contribution in [0.3, 0.4) is 0 Å². The van der Waals surface area contributed by atoms with Crippen molar-refractivity contribution in [2.45, 2.75) is 20.3 Å². The van der Waals surface area contributed by atoms with Crippen molar-refractivity contribution in [3.05, 3.63) is 60.4 Å². The molecular formula is C18H18FN3. The van der Waals surface area contributed by atoms with Crippen LogP contribution in [-0.4, -0.2) is 15.0 Å². The maximum atomic E-state index is 13.2. The molecule has 3 rings (SSSR count). The molecule has 2 aromatic heterocycles. The number of hydrogen-bond acceptors (Lipinski definition) is 2. The summed E-state index contributed by atoms with van der Waals surface area (Å²) in [5.74, 6) is 1.21. The molecule has 0 aliphatic carbocycles. The van der Waals surface area contributed by atoms with E-state index in [1.807, 2.05) is 12.1 Å². The van der Waals surface area contributed by atoms with Crippen molar-refractivity contribution in [1.29, 1.82) is 0 Å². The number of aromatic amines is 1. The van der Waals surface area contributed by atoms with Crippen molar-refractivity contribution < 1.29 is 4.39 Å². The van der Waals surface area contributed by atoms with Gasteiger partial charge in [-0.05, 0) is 42.3 Å². The van der Waals surface area contributed by atoms with E-state index >= 15 is 0 Å². The zero-order chi connectivity index (χ0) is 15.5. The molecule has 0 fully saturated rings. The van der Waals surface area contributed by atoms with Gasteiger partial charge in [0.15, 0.2) is 0 Å². The molecule has 1 N–H and O–H groups in total. The highest BCUT2D eigenvalue weighted by Gasteiger charge is 2.14. The van der Waals surface area contributed by atoms with Crippen LogP contribution in [0.2, 0.25) is 0 Å². The minimum absolute atomic E-state index is 0.243. The third-order valence-corrected chi connectivity index (χ3v) is 3.44. The van der Waals surface area contributed by atoms with Crippen LogP contribution in [0.5, 0.6) is 0 Å². The lowest BCUT2D eigenvalue weighted by Crippen LogP contribution is -1.95. The molecule has 1 aromatic carbocycles. The zero-order valence-corrected chi connectivity index (χ0v) is 12.7. The maximum Gasteiger partial charge on any atom is 0.123 e. The highest BCUT2D eigenvalue weighted by Crippen LogP contribution is 2.30. The number of pyridine rings is 1. The summed E-state index contributed by atoms with van der Waals surface area (Å²) >= 11 is 0. The van der Waals surface area contributed by atoms with Crippen molar-refractivity contribution in [3.8, 4) is 22.5 Å². The summed E-state index contributed by atoms with van der Waals surface area (Å²) in [6, 6.07) is 10.3. The number of imidazole rings is 1. The van der Waals surface area contributed by atoms with Gasteiger partial charge in [-0.25, -0.2) is 9.37 Å². The van der Waals surface area contributed by atoms with E-state index in [0.717, 1.165) is 34.8 Å². The molecule has 4 heteroatoms. The summed E-state index contributed by atoms with van der Waals surface area (Å²) in [5.41, 5.74) is 3.72. The van der Waals surface area contributed by atoms with E-state index in [0.29, 0.717) is 5.92 Å². The molecular weight excluding hydrogens is 277 g/mol. The minimum Gasteiger partial charge on any atom is -0.341 e. The lowest BCUT2D eigenvalue weighted by molar-refractivity contribution is 0.626. The average molecular weight is 295 g/mol. The summed E-state index contributed by atoms with van der Waals surface area (Å²) in [6.07, 6.45) is 4.39. The van der Waals surface area contributed by atoms with Gasteiger partial charge in [-0.15, -0.1) is 0 Å². The van der Waals surface area contributed by atoms with Gasteiger partial charge in [-0.3, -0.25) is 4.98 Å². The van der Waals surface area contributed by atoms with Crippen molar-refractivity contribution in [2.75, 3.05) is 0 Å². The van der Waals surface area contributed by atoms with E-state index in [9.17, 15) is 4.39 Å². The third-order valence-electron chi connectivity index (χ3n) is 3.44. The second-order valence-electron chi connectivity index (χ2n) is 5.75. The Kier molecular flexibility index (Phi) is 4.00. The summed E-state index contributed by atoms with van der Waals surface area (Å²) in [4.78, 5) is 12.2. The summed E-state index contributed by atoms with van der Waals surface area (Å²) in [7, 11) is 0. The van der Waals surface area contributed by atoms with E-state index < -0.39 is 0 Å². The molecule has 0 atom stereocenters. The van der Waals surface area contributed by atoms with Gasteiger partial charge in [0.05, 0.1) is 11.4 Å². The SMILES string of the molecule is CC(C)Cc1nc(-c2ccc(F)cc2)c(-c2ccncc2)[nH]1. The lowest BCUT2D eigenvalue weighted by atomic mass is 10.1. The molecule has 0 aliphatic rings. The first-order valence-corrected chi connectivity index (χ1v) is 7.38. The van der Waals surface area contributed by atoms with E-state index in [4.69, 9.17) is 4.98 Å². The van der Waals surface area contributed by atoms with E-state index in [1.54, 1.807) is 24.5 Å². The number of H-pyrrole nitrogens is 1. The molecule has 0 saturated heterocycles. The van der Waals surface area contributed by atoms with E-state index in [-0.39, 0.29) is 5.82 Å². The Balaban J connectivity index is 2.10. The molecule has 0 aliphatic heterocycles. The maximum absolute atomic E-state index is 13.2. The highest BCUT2D eigenvalue weighted by molar-refractivity contribution is 5.78. The number of rotatable bonds is 4. The number of nitrogens with one attached hydrogen (secondary N) is 1. The predicted octanol–water partition coefficient (Wildman–Crippen LogP) is 4.48. The number of hydrogen-bond donors (Lipinski definition) is 1. The van der Waals surface area contributed by atoms with Crippen molar-refractivity contribution in [1.82, 2.24) is 15.0 Å². The summed E-state index contributed by atoms with van der Waals surface area (Å²) in [6.45, 7) is 4.32. The van der Waals surface area contributed by atoms with Crippen LogP contribution in [0.4, 0.5) is 4.39 Å². The fraction of sp³-hybridized carbons (Fsp3) is 0.222. The van der Waals surface area contributed by atoms with Crippen molar-refractivity contribution in [3.63, 3.8) is 0 Å². The Labute approximate surface area is 129 Å². The molecule has 3 nitrogen and oxygen atoms in total. The fourth-order valence-electron chi connectivity index (χ4n) is 2.45. The van der Waals surface area contributed by atoms with Crippen molar-refractivity contribution >= 4 is 0 Å². The van der Waals surface area contributed by atoms with Crippen LogP contribution in [0.1, 0.15) is 19.7 Å². The smallest absolute Gasteiger partial charge is 0.123 e. The Morgan fingerprint density at radius 3 is 2.32 bits per heavy atom. The second-order valence-corrected chi connectivity index (χ2v) is 5.75. The van der Waals surface area contributed by atoms with Crippen LogP contribution >= 0.6 is 0 Å². The molecule has 112 valence electrons. The predicted molar refractivity (Wildman–Crippen MR) is 85.8 cm³/mol. The van der Waals surface area contributed by atoms with Crippen LogP contribution in [0, 0.1) is 11.7 Å². The molecule has 0 unspecified atom stereocenters. The van der Waals surface area contributed by atoms with Gasteiger partial charge in [-0.1, -0.05) is 13.8 Å². The van der Waals surface area contributed by atoms with Gasteiger partial charge in [0.2, 0.25) is 0 Å². The van der Waals surface area contributed by atoms with Gasteiger partial charge in [0.1, 0.15) is 11.6 Å². The van der Waals surface area contributed by atoms with Gasteiger partial charge in [-0.2, -0.15) is 0 Å². The molecule has 3 aromatic rings. The normalized spacial score (nSPS) is 11.1. The second kappa shape index (κ2) is 6.10. The quantitative estimate of drug-likeness (QED) is 0.771. The molecule has 0 saturated carbocycles. The monoisotopic (exact) mass is 295 g/mol. The molecule has 2 heterocycles. The highest BCUT2D eigenvalue weighted by atomic mass is 19.1. The standard InChI is InChI=1S/C18H18FN3/c1-12(2)11-16-21-17(13-3-5-15(19)6-4-13)18(22-16)14-7-9-20-10-8-14/h3-10,12H,11H2,1-2H3,(H,21,22). The fourth-order valence-corrected chi connectivity index (χ4v) is 2.45. The number of nitrogens with zero attached hydrogens (tertiary/aromatic N) is 2. The largest absolute Gasteiger partial charge is 0.341 e. The van der Waals surface area contributed by atoms with Gasteiger partial charge >= 0.3 is 0 Å². The van der Waals surface area contributed by atoms with Crippen LogP contribution in [-0.2, 0) is 6.42 Å². The Morgan fingerprint density at radius 1 is 1.00 bits per heavy atom. The number of halogens is 1. The molecule has 0 spiro atoms. The van der Waals surface area contributed by atoms with Crippen LogP contribution < -0.4 is 0 Å². The van der Waals surface area contributed by atoms with Crippen LogP contribution in [0.15, 0.2) is 48.8 Å². The topological polar surface area (TPSA) is 41.6 Å².